The van der Waals surface area contributed by atoms with E-state index >= 15 is 0 Å². The van der Waals surface area contributed by atoms with Crippen molar-refractivity contribution in [2.24, 2.45) is 0 Å². The van der Waals surface area contributed by atoms with E-state index in [1.807, 2.05) is 23.5 Å². The molecule has 0 amide bonds. The molecule has 60 valence electrons. The molecule has 0 aromatic rings. The summed E-state index contributed by atoms with van der Waals surface area (Å²) in [6, 6.07) is 0. The first kappa shape index (κ1) is 10.4. The summed E-state index contributed by atoms with van der Waals surface area (Å²) in [6.45, 7) is 8.41. The molecule has 0 spiro atoms. The van der Waals surface area contributed by atoms with Crippen LogP contribution in [0.2, 0.25) is 0 Å². The molecule has 0 aliphatic rings. The van der Waals surface area contributed by atoms with Gasteiger partial charge in [-0.2, -0.15) is 23.5 Å². The van der Waals surface area contributed by atoms with E-state index in [-0.39, 0.29) is 0 Å². The maximum atomic E-state index is 3.97. The van der Waals surface area contributed by atoms with Gasteiger partial charge in [-0.15, -0.1) is 0 Å². The molecule has 0 atom stereocenters. The highest BCUT2D eigenvalue weighted by atomic mass is 32.2. The fourth-order valence-corrected chi connectivity index (χ4v) is 1.84. The molecule has 0 N–H and O–H groups in total. The van der Waals surface area contributed by atoms with Crippen LogP contribution in [0.3, 0.4) is 0 Å². The van der Waals surface area contributed by atoms with Crippen molar-refractivity contribution in [2.45, 2.75) is 19.1 Å². The Balaban J connectivity index is 3.22. The first-order valence-electron chi connectivity index (χ1n) is 3.44. The molecule has 0 aromatic carbocycles. The average molecular weight is 176 g/mol. The van der Waals surface area contributed by atoms with E-state index in [0.717, 1.165) is 16.8 Å². The summed E-state index contributed by atoms with van der Waals surface area (Å²) >= 11 is 3.81. The molecule has 0 bridgehead atoms. The molecule has 0 rings (SSSR count). The molecule has 0 aliphatic heterocycles. The lowest BCUT2D eigenvalue weighted by molar-refractivity contribution is 1.11. The molecule has 0 aromatic heterocycles. The molecule has 2 heteroatoms. The molecule has 0 unspecified atom stereocenters. The summed E-state index contributed by atoms with van der Waals surface area (Å²) in [4.78, 5) is 0. The molecule has 0 radical (unpaired) electrons. The van der Waals surface area contributed by atoms with E-state index in [4.69, 9.17) is 0 Å². The van der Waals surface area contributed by atoms with Gasteiger partial charge in [-0.05, 0) is 11.5 Å². The monoisotopic (exact) mass is 176 g/mol. The van der Waals surface area contributed by atoms with Gasteiger partial charge in [0.25, 0.3) is 0 Å². The van der Waals surface area contributed by atoms with Crippen LogP contribution in [-0.4, -0.2) is 23.0 Å². The first-order valence-corrected chi connectivity index (χ1v) is 5.88. The standard InChI is InChI=1S/C8H16S2/c1-7(2)10-6-8(3)5-9-4/h7H,3,5-6H2,1-2,4H3. The summed E-state index contributed by atoms with van der Waals surface area (Å²) in [7, 11) is 0. The van der Waals surface area contributed by atoms with Gasteiger partial charge in [0.2, 0.25) is 0 Å². The van der Waals surface area contributed by atoms with E-state index in [2.05, 4.69) is 26.7 Å². The van der Waals surface area contributed by atoms with Crippen LogP contribution < -0.4 is 0 Å². The smallest absolute Gasteiger partial charge is 0.0151 e. The van der Waals surface area contributed by atoms with Gasteiger partial charge in [0.15, 0.2) is 0 Å². The summed E-state index contributed by atoms with van der Waals surface area (Å²) in [5.74, 6) is 2.23. The Morgan fingerprint density at radius 2 is 2.00 bits per heavy atom. The minimum atomic E-state index is 0.735. The second-order valence-electron chi connectivity index (χ2n) is 2.54. The lowest BCUT2D eigenvalue weighted by Gasteiger charge is -2.05. The Labute approximate surface area is 72.9 Å². The van der Waals surface area contributed by atoms with Gasteiger partial charge in [0.1, 0.15) is 0 Å². The van der Waals surface area contributed by atoms with Crippen molar-refractivity contribution in [1.29, 1.82) is 0 Å². The quantitative estimate of drug-likeness (QED) is 0.591. The predicted molar refractivity (Wildman–Crippen MR) is 55.1 cm³/mol. The highest BCUT2D eigenvalue weighted by Crippen LogP contribution is 2.14. The van der Waals surface area contributed by atoms with Crippen LogP contribution in [-0.2, 0) is 0 Å². The Hall–Kier alpha value is 0.440. The van der Waals surface area contributed by atoms with Crippen molar-refractivity contribution < 1.29 is 0 Å². The first-order chi connectivity index (χ1) is 4.66. The SMILES string of the molecule is C=C(CSC)CSC(C)C. The number of hydrogen-bond acceptors (Lipinski definition) is 2. The van der Waals surface area contributed by atoms with Crippen LogP contribution in [0.25, 0.3) is 0 Å². The maximum Gasteiger partial charge on any atom is 0.0151 e. The maximum absolute atomic E-state index is 3.97. The molecule has 0 saturated carbocycles. The Bertz CT molecular complexity index is 97.4. The second kappa shape index (κ2) is 6.17. The molecule has 10 heavy (non-hydrogen) atoms. The van der Waals surface area contributed by atoms with Crippen molar-refractivity contribution in [3.8, 4) is 0 Å². The fraction of sp³-hybridized carbons (Fsp3) is 0.750. The van der Waals surface area contributed by atoms with E-state index in [0.29, 0.717) is 0 Å². The highest BCUT2D eigenvalue weighted by Gasteiger charge is 1.96. The Morgan fingerprint density at radius 3 is 2.40 bits per heavy atom. The summed E-state index contributed by atoms with van der Waals surface area (Å²) in [5.41, 5.74) is 1.35. The van der Waals surface area contributed by atoms with E-state index in [9.17, 15) is 0 Å². The van der Waals surface area contributed by atoms with Gasteiger partial charge in [0, 0.05) is 11.5 Å². The lowest BCUT2D eigenvalue weighted by atomic mass is 10.4. The van der Waals surface area contributed by atoms with Crippen LogP contribution in [0.4, 0.5) is 0 Å². The van der Waals surface area contributed by atoms with Gasteiger partial charge in [0.05, 0.1) is 0 Å². The van der Waals surface area contributed by atoms with Crippen molar-refractivity contribution in [3.05, 3.63) is 12.2 Å². The van der Waals surface area contributed by atoms with Crippen LogP contribution >= 0.6 is 23.5 Å². The molecule has 0 saturated heterocycles. The lowest BCUT2D eigenvalue weighted by Crippen LogP contribution is -1.94. The minimum absolute atomic E-state index is 0.735. The van der Waals surface area contributed by atoms with E-state index < -0.39 is 0 Å². The third kappa shape index (κ3) is 6.56. The van der Waals surface area contributed by atoms with Crippen LogP contribution in [0, 0.1) is 0 Å². The molecule has 0 aliphatic carbocycles. The number of hydrogen-bond donors (Lipinski definition) is 0. The van der Waals surface area contributed by atoms with Gasteiger partial charge >= 0.3 is 0 Å². The molecular weight excluding hydrogens is 160 g/mol. The molecule has 0 nitrogen and oxygen atoms in total. The number of rotatable bonds is 5. The zero-order chi connectivity index (χ0) is 7.98. The van der Waals surface area contributed by atoms with E-state index in [1.54, 1.807) is 0 Å². The van der Waals surface area contributed by atoms with Crippen molar-refractivity contribution in [1.82, 2.24) is 0 Å². The predicted octanol–water partition coefficient (Wildman–Crippen LogP) is 3.05. The summed E-state index contributed by atoms with van der Waals surface area (Å²) in [5, 5.41) is 0.735. The third-order valence-corrected chi connectivity index (χ3v) is 2.91. The number of thioether (sulfide) groups is 2. The largest absolute Gasteiger partial charge is 0.161 e. The zero-order valence-corrected chi connectivity index (χ0v) is 8.65. The molecule has 0 heterocycles. The average Bonchev–Trinajstić information content (AvgIpc) is 1.85. The van der Waals surface area contributed by atoms with Crippen LogP contribution in [0.15, 0.2) is 12.2 Å². The van der Waals surface area contributed by atoms with Gasteiger partial charge in [-0.25, -0.2) is 0 Å². The van der Waals surface area contributed by atoms with Crippen molar-refractivity contribution in [2.75, 3.05) is 17.8 Å². The van der Waals surface area contributed by atoms with Gasteiger partial charge in [-0.1, -0.05) is 26.0 Å². The topological polar surface area (TPSA) is 0 Å². The second-order valence-corrected chi connectivity index (χ2v) is 4.97. The Kier molecular flexibility index (Phi) is 6.44. The van der Waals surface area contributed by atoms with Gasteiger partial charge in [-0.3, -0.25) is 0 Å². The zero-order valence-electron chi connectivity index (χ0n) is 7.02. The summed E-state index contributed by atoms with van der Waals surface area (Å²) in [6.07, 6.45) is 2.12. The summed E-state index contributed by atoms with van der Waals surface area (Å²) < 4.78 is 0. The van der Waals surface area contributed by atoms with Crippen LogP contribution in [0.1, 0.15) is 13.8 Å². The normalized spacial score (nSPS) is 10.4. The molecule has 0 fully saturated rings. The highest BCUT2D eigenvalue weighted by molar-refractivity contribution is 8.00. The van der Waals surface area contributed by atoms with Crippen molar-refractivity contribution >= 4 is 23.5 Å². The molecular formula is C8H16S2. The van der Waals surface area contributed by atoms with Crippen molar-refractivity contribution in [3.63, 3.8) is 0 Å². The Morgan fingerprint density at radius 1 is 1.40 bits per heavy atom. The third-order valence-electron chi connectivity index (χ3n) is 0.969. The fourth-order valence-electron chi connectivity index (χ4n) is 0.530. The van der Waals surface area contributed by atoms with E-state index in [1.165, 1.54) is 5.57 Å². The van der Waals surface area contributed by atoms with Gasteiger partial charge < -0.3 is 0 Å². The minimum Gasteiger partial charge on any atom is -0.161 e. The van der Waals surface area contributed by atoms with Crippen LogP contribution in [0.5, 0.6) is 0 Å².